The Hall–Kier alpha value is -2.89. The fraction of sp³-hybridized carbons (Fsp3) is 0.480. The van der Waals surface area contributed by atoms with Crippen molar-refractivity contribution in [1.29, 1.82) is 0 Å². The summed E-state index contributed by atoms with van der Waals surface area (Å²) in [5.41, 5.74) is 4.48. The van der Waals surface area contributed by atoms with Crippen molar-refractivity contribution in [3.05, 3.63) is 58.8 Å². The number of fused-ring (bicyclic) bond motifs is 1. The highest BCUT2D eigenvalue weighted by Crippen LogP contribution is 2.23. The van der Waals surface area contributed by atoms with Gasteiger partial charge in [-0.25, -0.2) is 9.78 Å². The number of amides is 2. The van der Waals surface area contributed by atoms with E-state index in [1.807, 2.05) is 37.9 Å². The molecule has 1 fully saturated rings. The maximum Gasteiger partial charge on any atom is 0.410 e. The predicted molar refractivity (Wildman–Crippen MR) is 120 cm³/mol. The number of benzene rings is 1. The van der Waals surface area contributed by atoms with Crippen LogP contribution in [0.1, 0.15) is 55.9 Å². The summed E-state index contributed by atoms with van der Waals surface area (Å²) in [6, 6.07) is 10.6. The van der Waals surface area contributed by atoms with Crippen LogP contribution in [0.5, 0.6) is 0 Å². The van der Waals surface area contributed by atoms with Gasteiger partial charge in [0.2, 0.25) is 5.91 Å². The standard InChI is InChI=1S/C25H31N3O3/c1-25(2,3)31-24(30)27-13-10-20-8-6-18(16-21(20)11-14-27)15-19-7-9-22(26-17-19)28-12-4-5-23(28)29/h6-9,16-17H,4-5,10-15H2,1-3H3. The first kappa shape index (κ1) is 21.3. The van der Waals surface area contributed by atoms with E-state index in [-0.39, 0.29) is 12.0 Å². The van der Waals surface area contributed by atoms with Crippen molar-refractivity contribution in [2.24, 2.45) is 0 Å². The molecule has 0 saturated carbocycles. The molecule has 1 aromatic heterocycles. The summed E-state index contributed by atoms with van der Waals surface area (Å²) in [6.07, 6.45) is 5.63. The lowest BCUT2D eigenvalue weighted by molar-refractivity contribution is -0.117. The van der Waals surface area contributed by atoms with Crippen molar-refractivity contribution < 1.29 is 14.3 Å². The fourth-order valence-corrected chi connectivity index (χ4v) is 4.20. The van der Waals surface area contributed by atoms with Crippen LogP contribution in [0.4, 0.5) is 10.6 Å². The Morgan fingerprint density at radius 3 is 2.39 bits per heavy atom. The summed E-state index contributed by atoms with van der Waals surface area (Å²) in [7, 11) is 0. The summed E-state index contributed by atoms with van der Waals surface area (Å²) >= 11 is 0. The first-order valence-corrected chi connectivity index (χ1v) is 11.1. The lowest BCUT2D eigenvalue weighted by Gasteiger charge is -2.26. The number of nitrogens with zero attached hydrogens (tertiary/aromatic N) is 3. The number of rotatable bonds is 3. The van der Waals surface area contributed by atoms with E-state index in [0.29, 0.717) is 19.5 Å². The maximum absolute atomic E-state index is 12.4. The average molecular weight is 422 g/mol. The molecular formula is C25H31N3O3. The monoisotopic (exact) mass is 421 g/mol. The molecule has 31 heavy (non-hydrogen) atoms. The number of carbonyl (C=O) groups is 2. The average Bonchev–Trinajstić information content (AvgIpc) is 3.02. The van der Waals surface area contributed by atoms with Crippen molar-refractivity contribution in [2.45, 2.75) is 58.5 Å². The van der Waals surface area contributed by atoms with Gasteiger partial charge >= 0.3 is 6.09 Å². The van der Waals surface area contributed by atoms with E-state index in [1.165, 1.54) is 16.7 Å². The van der Waals surface area contributed by atoms with E-state index in [0.717, 1.165) is 43.6 Å². The van der Waals surface area contributed by atoms with Gasteiger partial charge in [-0.3, -0.25) is 9.69 Å². The molecule has 4 rings (SSSR count). The SMILES string of the molecule is CC(C)(C)OC(=O)N1CCc2ccc(Cc3ccc(N4CCCC4=O)nc3)cc2CC1. The molecule has 164 valence electrons. The fourth-order valence-electron chi connectivity index (χ4n) is 4.20. The van der Waals surface area contributed by atoms with Crippen LogP contribution in [-0.2, 0) is 28.8 Å². The molecule has 2 aliphatic heterocycles. The minimum atomic E-state index is -0.477. The van der Waals surface area contributed by atoms with Crippen molar-refractivity contribution in [3.63, 3.8) is 0 Å². The van der Waals surface area contributed by atoms with E-state index in [9.17, 15) is 9.59 Å². The van der Waals surface area contributed by atoms with Crippen LogP contribution in [-0.4, -0.2) is 47.1 Å². The van der Waals surface area contributed by atoms with Crippen LogP contribution >= 0.6 is 0 Å². The summed E-state index contributed by atoms with van der Waals surface area (Å²) < 4.78 is 5.54. The van der Waals surface area contributed by atoms with Crippen molar-refractivity contribution >= 4 is 17.8 Å². The van der Waals surface area contributed by atoms with E-state index < -0.39 is 5.60 Å². The smallest absolute Gasteiger partial charge is 0.410 e. The zero-order valence-corrected chi connectivity index (χ0v) is 18.7. The van der Waals surface area contributed by atoms with Gasteiger partial charge in [0.05, 0.1) is 0 Å². The third kappa shape index (κ3) is 5.24. The van der Waals surface area contributed by atoms with E-state index >= 15 is 0 Å². The lowest BCUT2D eigenvalue weighted by Crippen LogP contribution is -2.38. The van der Waals surface area contributed by atoms with Crippen LogP contribution in [0.15, 0.2) is 36.5 Å². The van der Waals surface area contributed by atoms with E-state index in [4.69, 9.17) is 4.74 Å². The molecular weight excluding hydrogens is 390 g/mol. The molecule has 2 aliphatic rings. The number of pyridine rings is 1. The summed E-state index contributed by atoms with van der Waals surface area (Å²) in [4.78, 5) is 32.4. The first-order chi connectivity index (χ1) is 14.8. The van der Waals surface area contributed by atoms with Crippen molar-refractivity contribution in [3.8, 4) is 0 Å². The quantitative estimate of drug-likeness (QED) is 0.747. The van der Waals surface area contributed by atoms with Crippen LogP contribution < -0.4 is 4.90 Å². The molecule has 0 unspecified atom stereocenters. The molecule has 3 heterocycles. The van der Waals surface area contributed by atoms with Gasteiger partial charge in [0.1, 0.15) is 11.4 Å². The van der Waals surface area contributed by atoms with Crippen LogP contribution in [0.25, 0.3) is 0 Å². The lowest BCUT2D eigenvalue weighted by atomic mass is 9.97. The van der Waals surface area contributed by atoms with E-state index in [1.54, 1.807) is 4.90 Å². The molecule has 2 amide bonds. The third-order valence-corrected chi connectivity index (χ3v) is 5.79. The predicted octanol–water partition coefficient (Wildman–Crippen LogP) is 4.13. The topological polar surface area (TPSA) is 62.7 Å². The largest absolute Gasteiger partial charge is 0.444 e. The summed E-state index contributed by atoms with van der Waals surface area (Å²) in [6.45, 7) is 7.81. The second-order valence-electron chi connectivity index (χ2n) is 9.42. The van der Waals surface area contributed by atoms with Gasteiger partial charge in [0.15, 0.2) is 0 Å². The van der Waals surface area contributed by atoms with Gasteiger partial charge in [-0.05, 0) is 74.8 Å². The van der Waals surface area contributed by atoms with Crippen LogP contribution in [0, 0.1) is 0 Å². The molecule has 2 aromatic rings. The minimum absolute atomic E-state index is 0.159. The molecule has 0 aliphatic carbocycles. The molecule has 6 heteroatoms. The minimum Gasteiger partial charge on any atom is -0.444 e. The first-order valence-electron chi connectivity index (χ1n) is 11.1. The molecule has 1 saturated heterocycles. The zero-order chi connectivity index (χ0) is 22.0. The highest BCUT2D eigenvalue weighted by molar-refractivity contribution is 5.94. The molecule has 1 aromatic carbocycles. The number of aromatic nitrogens is 1. The Balaban J connectivity index is 1.40. The molecule has 6 nitrogen and oxygen atoms in total. The molecule has 0 radical (unpaired) electrons. The number of hydrogen-bond acceptors (Lipinski definition) is 4. The van der Waals surface area contributed by atoms with Gasteiger partial charge in [0, 0.05) is 32.3 Å². The highest BCUT2D eigenvalue weighted by atomic mass is 16.6. The van der Waals surface area contributed by atoms with Crippen molar-refractivity contribution in [2.75, 3.05) is 24.5 Å². The summed E-state index contributed by atoms with van der Waals surface area (Å²) in [5.74, 6) is 0.904. The Bertz CT molecular complexity index is 963. The Morgan fingerprint density at radius 2 is 1.74 bits per heavy atom. The molecule has 0 spiro atoms. The Kier molecular flexibility index (Phi) is 5.99. The highest BCUT2D eigenvalue weighted by Gasteiger charge is 2.24. The number of carbonyl (C=O) groups excluding carboxylic acids is 2. The van der Waals surface area contributed by atoms with E-state index in [2.05, 4.69) is 29.2 Å². The number of ether oxygens (including phenoxy) is 1. The van der Waals surface area contributed by atoms with Gasteiger partial charge < -0.3 is 9.64 Å². The summed E-state index contributed by atoms with van der Waals surface area (Å²) in [5, 5.41) is 0. The maximum atomic E-state index is 12.4. The Labute approximate surface area is 184 Å². The second kappa shape index (κ2) is 8.69. The van der Waals surface area contributed by atoms with Crippen LogP contribution in [0.3, 0.4) is 0 Å². The molecule has 0 atom stereocenters. The molecule has 0 bridgehead atoms. The Morgan fingerprint density at radius 1 is 1.00 bits per heavy atom. The van der Waals surface area contributed by atoms with Crippen LogP contribution in [0.2, 0.25) is 0 Å². The van der Waals surface area contributed by atoms with Gasteiger partial charge in [-0.15, -0.1) is 0 Å². The third-order valence-electron chi connectivity index (χ3n) is 5.79. The van der Waals surface area contributed by atoms with Gasteiger partial charge in [-0.2, -0.15) is 0 Å². The zero-order valence-electron chi connectivity index (χ0n) is 18.7. The second-order valence-corrected chi connectivity index (χ2v) is 9.42. The number of anilines is 1. The molecule has 0 N–H and O–H groups in total. The van der Waals surface area contributed by atoms with Gasteiger partial charge in [-0.1, -0.05) is 24.3 Å². The van der Waals surface area contributed by atoms with Gasteiger partial charge in [0.25, 0.3) is 0 Å². The number of hydrogen-bond donors (Lipinski definition) is 0. The van der Waals surface area contributed by atoms with Crippen molar-refractivity contribution in [1.82, 2.24) is 9.88 Å². The normalized spacial score (nSPS) is 16.8.